The van der Waals surface area contributed by atoms with Crippen LogP contribution < -0.4 is 10.6 Å². The van der Waals surface area contributed by atoms with Gasteiger partial charge < -0.3 is 20.3 Å². The standard InChI is InChI=1S/C17H23N3O2/c1-3-13-4-6-15(7-5-13)16(12-21)19-17(22)18-10-14-8-9-20(2)11-14/h4-9,11,16,21H,3,10,12H2,1-2H3,(H2,18,19,22). The van der Waals surface area contributed by atoms with Gasteiger partial charge in [-0.05, 0) is 29.2 Å². The van der Waals surface area contributed by atoms with Crippen LogP contribution >= 0.6 is 0 Å². The summed E-state index contributed by atoms with van der Waals surface area (Å²) in [7, 11) is 1.94. The van der Waals surface area contributed by atoms with Crippen molar-refractivity contribution in [1.29, 1.82) is 0 Å². The molecule has 5 heteroatoms. The van der Waals surface area contributed by atoms with E-state index in [1.54, 1.807) is 0 Å². The summed E-state index contributed by atoms with van der Waals surface area (Å²) in [4.78, 5) is 11.9. The molecule has 1 aromatic carbocycles. The second-order valence-electron chi connectivity index (χ2n) is 5.34. The predicted molar refractivity (Wildman–Crippen MR) is 86.4 cm³/mol. The van der Waals surface area contributed by atoms with Gasteiger partial charge in [-0.1, -0.05) is 31.2 Å². The number of aryl methyl sites for hydroxylation is 2. The number of amides is 2. The van der Waals surface area contributed by atoms with Gasteiger partial charge in [-0.2, -0.15) is 0 Å². The molecule has 0 fully saturated rings. The molecule has 1 heterocycles. The van der Waals surface area contributed by atoms with Gasteiger partial charge >= 0.3 is 6.03 Å². The summed E-state index contributed by atoms with van der Waals surface area (Å²) in [6, 6.07) is 9.18. The van der Waals surface area contributed by atoms with Crippen molar-refractivity contribution in [1.82, 2.24) is 15.2 Å². The average molecular weight is 301 g/mol. The predicted octanol–water partition coefficient (Wildman–Crippen LogP) is 2.12. The van der Waals surface area contributed by atoms with Gasteiger partial charge in [0.15, 0.2) is 0 Å². The number of aromatic nitrogens is 1. The smallest absolute Gasteiger partial charge is 0.315 e. The Labute approximate surface area is 131 Å². The van der Waals surface area contributed by atoms with Crippen LogP contribution in [0.25, 0.3) is 0 Å². The molecule has 0 saturated heterocycles. The van der Waals surface area contributed by atoms with Crippen LogP contribution in [0.2, 0.25) is 0 Å². The fourth-order valence-corrected chi connectivity index (χ4v) is 2.28. The molecule has 0 aliphatic rings. The van der Waals surface area contributed by atoms with E-state index >= 15 is 0 Å². The third-order valence-electron chi connectivity index (χ3n) is 3.62. The third kappa shape index (κ3) is 4.36. The largest absolute Gasteiger partial charge is 0.394 e. The summed E-state index contributed by atoms with van der Waals surface area (Å²) in [5.74, 6) is 0. The minimum absolute atomic E-state index is 0.135. The Morgan fingerprint density at radius 1 is 1.23 bits per heavy atom. The van der Waals surface area contributed by atoms with Crippen molar-refractivity contribution in [3.63, 3.8) is 0 Å². The Balaban J connectivity index is 1.89. The van der Waals surface area contributed by atoms with Crippen molar-refractivity contribution in [2.24, 2.45) is 7.05 Å². The van der Waals surface area contributed by atoms with Gasteiger partial charge in [0.2, 0.25) is 0 Å². The third-order valence-corrected chi connectivity index (χ3v) is 3.62. The lowest BCUT2D eigenvalue weighted by Gasteiger charge is -2.17. The molecule has 3 N–H and O–H groups in total. The molecule has 0 aliphatic carbocycles. The van der Waals surface area contributed by atoms with E-state index in [1.165, 1.54) is 5.56 Å². The zero-order valence-electron chi connectivity index (χ0n) is 13.0. The number of nitrogens with zero attached hydrogens (tertiary/aromatic N) is 1. The van der Waals surface area contributed by atoms with Gasteiger partial charge in [-0.15, -0.1) is 0 Å². The summed E-state index contributed by atoms with van der Waals surface area (Å²) in [6.07, 6.45) is 4.85. The zero-order chi connectivity index (χ0) is 15.9. The number of hydrogen-bond donors (Lipinski definition) is 3. The molecule has 0 saturated carbocycles. The van der Waals surface area contributed by atoms with E-state index < -0.39 is 6.04 Å². The Bertz CT molecular complexity index is 605. The zero-order valence-corrected chi connectivity index (χ0v) is 13.0. The van der Waals surface area contributed by atoms with Crippen LogP contribution in [-0.2, 0) is 20.0 Å². The van der Waals surface area contributed by atoms with Crippen molar-refractivity contribution in [3.05, 3.63) is 59.4 Å². The first kappa shape index (κ1) is 16.1. The first-order valence-corrected chi connectivity index (χ1v) is 7.47. The molecular weight excluding hydrogens is 278 g/mol. The molecule has 2 aromatic rings. The average Bonchev–Trinajstić information content (AvgIpc) is 2.96. The lowest BCUT2D eigenvalue weighted by molar-refractivity contribution is 0.216. The maximum absolute atomic E-state index is 11.9. The van der Waals surface area contributed by atoms with Gasteiger partial charge in [0.1, 0.15) is 0 Å². The highest BCUT2D eigenvalue weighted by Crippen LogP contribution is 2.14. The number of carbonyl (C=O) groups excluding carboxylic acids is 1. The van der Waals surface area contributed by atoms with E-state index in [0.717, 1.165) is 17.5 Å². The van der Waals surface area contributed by atoms with Crippen LogP contribution in [0, 0.1) is 0 Å². The van der Waals surface area contributed by atoms with Crippen molar-refractivity contribution >= 4 is 6.03 Å². The van der Waals surface area contributed by atoms with Crippen LogP contribution in [0.15, 0.2) is 42.7 Å². The summed E-state index contributed by atoms with van der Waals surface area (Å²) in [5.41, 5.74) is 3.16. The fourth-order valence-electron chi connectivity index (χ4n) is 2.28. The van der Waals surface area contributed by atoms with E-state index in [-0.39, 0.29) is 12.6 Å². The van der Waals surface area contributed by atoms with Crippen LogP contribution in [0.4, 0.5) is 4.79 Å². The van der Waals surface area contributed by atoms with Crippen LogP contribution in [0.3, 0.4) is 0 Å². The summed E-state index contributed by atoms with van der Waals surface area (Å²) >= 11 is 0. The SMILES string of the molecule is CCc1ccc(C(CO)NC(=O)NCc2ccn(C)c2)cc1. The Morgan fingerprint density at radius 2 is 1.95 bits per heavy atom. The lowest BCUT2D eigenvalue weighted by Crippen LogP contribution is -2.38. The highest BCUT2D eigenvalue weighted by atomic mass is 16.3. The van der Waals surface area contributed by atoms with E-state index in [1.807, 2.05) is 54.3 Å². The first-order valence-electron chi connectivity index (χ1n) is 7.47. The van der Waals surface area contributed by atoms with Gasteiger partial charge in [0, 0.05) is 26.0 Å². The number of aliphatic hydroxyl groups is 1. The Hall–Kier alpha value is -2.27. The van der Waals surface area contributed by atoms with Gasteiger partial charge in [-0.25, -0.2) is 4.79 Å². The molecule has 0 bridgehead atoms. The molecular formula is C17H23N3O2. The molecule has 2 amide bonds. The highest BCUT2D eigenvalue weighted by Gasteiger charge is 2.13. The molecule has 5 nitrogen and oxygen atoms in total. The maximum Gasteiger partial charge on any atom is 0.315 e. The molecule has 0 radical (unpaired) electrons. The number of aliphatic hydroxyl groups excluding tert-OH is 1. The number of hydrogen-bond acceptors (Lipinski definition) is 2. The van der Waals surface area contributed by atoms with Crippen LogP contribution in [0.5, 0.6) is 0 Å². The van der Waals surface area contributed by atoms with E-state index in [2.05, 4.69) is 17.6 Å². The minimum atomic E-state index is -0.401. The molecule has 1 aromatic heterocycles. The number of urea groups is 1. The van der Waals surface area contributed by atoms with Crippen LogP contribution in [0.1, 0.15) is 29.7 Å². The van der Waals surface area contributed by atoms with E-state index in [9.17, 15) is 9.90 Å². The number of benzene rings is 1. The van der Waals surface area contributed by atoms with E-state index in [4.69, 9.17) is 0 Å². The van der Waals surface area contributed by atoms with Crippen LogP contribution in [-0.4, -0.2) is 22.3 Å². The fraction of sp³-hybridized carbons (Fsp3) is 0.353. The molecule has 0 spiro atoms. The second kappa shape index (κ2) is 7.66. The molecule has 0 aliphatic heterocycles. The van der Waals surface area contributed by atoms with Crippen molar-refractivity contribution in [3.8, 4) is 0 Å². The molecule has 118 valence electrons. The monoisotopic (exact) mass is 301 g/mol. The maximum atomic E-state index is 11.9. The van der Waals surface area contributed by atoms with Gasteiger partial charge in [0.25, 0.3) is 0 Å². The summed E-state index contributed by atoms with van der Waals surface area (Å²) in [5, 5.41) is 15.1. The summed E-state index contributed by atoms with van der Waals surface area (Å²) < 4.78 is 1.93. The quantitative estimate of drug-likeness (QED) is 0.765. The topological polar surface area (TPSA) is 66.3 Å². The number of nitrogens with one attached hydrogen (secondary N) is 2. The highest BCUT2D eigenvalue weighted by molar-refractivity contribution is 5.74. The molecule has 2 rings (SSSR count). The molecule has 1 atom stereocenters. The minimum Gasteiger partial charge on any atom is -0.394 e. The second-order valence-corrected chi connectivity index (χ2v) is 5.34. The van der Waals surface area contributed by atoms with E-state index in [0.29, 0.717) is 6.54 Å². The molecule has 22 heavy (non-hydrogen) atoms. The first-order chi connectivity index (χ1) is 10.6. The Kier molecular flexibility index (Phi) is 5.61. The Morgan fingerprint density at radius 3 is 2.50 bits per heavy atom. The summed E-state index contributed by atoms with van der Waals surface area (Å²) in [6.45, 7) is 2.41. The van der Waals surface area contributed by atoms with Crippen molar-refractivity contribution in [2.45, 2.75) is 25.9 Å². The number of carbonyl (C=O) groups is 1. The normalized spacial score (nSPS) is 12.0. The van der Waals surface area contributed by atoms with Crippen molar-refractivity contribution in [2.75, 3.05) is 6.61 Å². The van der Waals surface area contributed by atoms with Crippen molar-refractivity contribution < 1.29 is 9.90 Å². The van der Waals surface area contributed by atoms with Gasteiger partial charge in [-0.3, -0.25) is 0 Å². The lowest BCUT2D eigenvalue weighted by atomic mass is 10.0. The molecule has 1 unspecified atom stereocenters. The number of rotatable bonds is 6. The van der Waals surface area contributed by atoms with Gasteiger partial charge in [0.05, 0.1) is 12.6 Å².